The number of hydrogen-bond acceptors (Lipinski definition) is 4. The molecule has 0 spiro atoms. The molecular formula is C31H28F3N5O. The summed E-state index contributed by atoms with van der Waals surface area (Å²) in [6.45, 7) is 1.99. The van der Waals surface area contributed by atoms with Crippen LogP contribution in [0.1, 0.15) is 28.4 Å². The maximum absolute atomic E-state index is 14.3. The van der Waals surface area contributed by atoms with E-state index in [1.54, 1.807) is 31.4 Å². The molecule has 9 heteroatoms. The molecule has 0 saturated heterocycles. The Labute approximate surface area is 229 Å². The van der Waals surface area contributed by atoms with Gasteiger partial charge in [-0.1, -0.05) is 24.3 Å². The van der Waals surface area contributed by atoms with Gasteiger partial charge < -0.3 is 15.7 Å². The lowest BCUT2D eigenvalue weighted by Gasteiger charge is -2.22. The van der Waals surface area contributed by atoms with Crippen LogP contribution in [0.15, 0.2) is 79.1 Å². The van der Waals surface area contributed by atoms with Crippen molar-refractivity contribution in [3.63, 3.8) is 0 Å². The van der Waals surface area contributed by atoms with Crippen LogP contribution in [0.5, 0.6) is 0 Å². The molecule has 3 aromatic carbocycles. The van der Waals surface area contributed by atoms with Crippen LogP contribution in [0, 0.1) is 24.4 Å². The Morgan fingerprint density at radius 3 is 2.58 bits per heavy atom. The predicted molar refractivity (Wildman–Crippen MR) is 150 cm³/mol. The smallest absolute Gasteiger partial charge is 0.225 e. The third-order valence-corrected chi connectivity index (χ3v) is 6.75. The van der Waals surface area contributed by atoms with Crippen molar-refractivity contribution in [2.24, 2.45) is 0 Å². The Morgan fingerprint density at radius 1 is 1.00 bits per heavy atom. The van der Waals surface area contributed by atoms with Gasteiger partial charge in [-0.15, -0.1) is 0 Å². The van der Waals surface area contributed by atoms with E-state index < -0.39 is 23.5 Å². The molecule has 204 valence electrons. The molecule has 0 radical (unpaired) electrons. The molecule has 6 nitrogen and oxygen atoms in total. The summed E-state index contributed by atoms with van der Waals surface area (Å²) in [6, 6.07) is 16.6. The fraction of sp³-hybridized carbons (Fsp3) is 0.161. The highest BCUT2D eigenvalue weighted by molar-refractivity contribution is 5.91. The molecule has 0 aliphatic rings. The van der Waals surface area contributed by atoms with E-state index in [1.807, 2.05) is 37.4 Å². The second-order valence-electron chi connectivity index (χ2n) is 9.60. The fourth-order valence-electron chi connectivity index (χ4n) is 5.05. The van der Waals surface area contributed by atoms with Crippen LogP contribution in [0.4, 0.5) is 18.9 Å². The highest BCUT2D eigenvalue weighted by Gasteiger charge is 2.23. The number of nitrogens with one attached hydrogen (secondary N) is 4. The molecule has 5 aromatic rings. The first-order chi connectivity index (χ1) is 19.3. The number of pyridine rings is 1. The summed E-state index contributed by atoms with van der Waals surface area (Å²) >= 11 is 0. The number of aromatic amines is 1. The second kappa shape index (κ2) is 11.6. The molecule has 0 fully saturated rings. The number of halogens is 3. The van der Waals surface area contributed by atoms with Crippen LogP contribution in [-0.2, 0) is 17.6 Å². The van der Waals surface area contributed by atoms with Crippen molar-refractivity contribution in [2.45, 2.75) is 25.8 Å². The van der Waals surface area contributed by atoms with Gasteiger partial charge in [-0.3, -0.25) is 9.78 Å². The topological polar surface area (TPSA) is 81.8 Å². The predicted octanol–water partition coefficient (Wildman–Crippen LogP) is 6.14. The monoisotopic (exact) mass is 543 g/mol. The van der Waals surface area contributed by atoms with Crippen LogP contribution in [0.25, 0.3) is 22.0 Å². The molecular weight excluding hydrogens is 515 g/mol. The van der Waals surface area contributed by atoms with Gasteiger partial charge in [-0.2, -0.15) is 0 Å². The van der Waals surface area contributed by atoms with Crippen molar-refractivity contribution in [1.29, 1.82) is 0 Å². The van der Waals surface area contributed by atoms with Crippen molar-refractivity contribution < 1.29 is 18.0 Å². The van der Waals surface area contributed by atoms with E-state index >= 15 is 0 Å². The van der Waals surface area contributed by atoms with Crippen LogP contribution < -0.4 is 16.2 Å². The molecule has 0 aliphatic carbocycles. The standard InChI is InChI=1S/C31H28F3N5O/c1-18-5-3-7-26-30(18)21(17-37-26)15-29(40)38-28(13-19-11-22(32)16-23(33)12-19)31-24(6-4-10-36-31)20-8-9-25(34)27(14-20)39-35-2/h3-12,14,16-17,28,35,37,39H,13,15H2,1-2H3,(H,38,40)/t28-/m0/s1. The minimum absolute atomic E-state index is 0.0835. The van der Waals surface area contributed by atoms with Crippen molar-refractivity contribution in [3.05, 3.63) is 119 Å². The van der Waals surface area contributed by atoms with Crippen molar-refractivity contribution in [1.82, 2.24) is 20.7 Å². The van der Waals surface area contributed by atoms with Crippen LogP contribution in [-0.4, -0.2) is 22.9 Å². The number of nitrogens with zero attached hydrogens (tertiary/aromatic N) is 1. The van der Waals surface area contributed by atoms with Gasteiger partial charge in [0, 0.05) is 42.0 Å². The highest BCUT2D eigenvalue weighted by atomic mass is 19.1. The number of carbonyl (C=O) groups is 1. The van der Waals surface area contributed by atoms with Gasteiger partial charge in [-0.05, 0) is 72.0 Å². The lowest BCUT2D eigenvalue weighted by atomic mass is 9.94. The van der Waals surface area contributed by atoms with E-state index in [1.165, 1.54) is 18.2 Å². The second-order valence-corrected chi connectivity index (χ2v) is 9.60. The number of amides is 1. The van der Waals surface area contributed by atoms with Crippen molar-refractivity contribution in [3.8, 4) is 11.1 Å². The molecule has 4 N–H and O–H groups in total. The molecule has 2 aromatic heterocycles. The van der Waals surface area contributed by atoms with E-state index in [4.69, 9.17) is 0 Å². The average Bonchev–Trinajstić information content (AvgIpc) is 3.33. The molecule has 0 aliphatic heterocycles. The summed E-state index contributed by atoms with van der Waals surface area (Å²) in [5, 5.41) is 4.02. The molecule has 1 atom stereocenters. The number of fused-ring (bicyclic) bond motifs is 1. The highest BCUT2D eigenvalue weighted by Crippen LogP contribution is 2.32. The Bertz CT molecular complexity index is 1660. The molecule has 0 unspecified atom stereocenters. The zero-order chi connectivity index (χ0) is 28.2. The minimum Gasteiger partial charge on any atom is -0.361 e. The largest absolute Gasteiger partial charge is 0.361 e. The number of aryl methyl sites for hydroxylation is 1. The van der Waals surface area contributed by atoms with Gasteiger partial charge in [-0.25, -0.2) is 18.6 Å². The number of anilines is 1. The lowest BCUT2D eigenvalue weighted by Crippen LogP contribution is -2.32. The minimum atomic E-state index is -0.734. The maximum atomic E-state index is 14.3. The molecule has 2 heterocycles. The fourth-order valence-corrected chi connectivity index (χ4v) is 5.05. The number of rotatable bonds is 9. The maximum Gasteiger partial charge on any atom is 0.225 e. The Hall–Kier alpha value is -4.63. The first-order valence-electron chi connectivity index (χ1n) is 12.8. The van der Waals surface area contributed by atoms with Gasteiger partial charge in [0.15, 0.2) is 0 Å². The molecule has 1 amide bonds. The van der Waals surface area contributed by atoms with Gasteiger partial charge in [0.2, 0.25) is 5.91 Å². The third-order valence-electron chi connectivity index (χ3n) is 6.75. The van der Waals surface area contributed by atoms with Crippen LogP contribution in [0.3, 0.4) is 0 Å². The summed E-state index contributed by atoms with van der Waals surface area (Å²) in [7, 11) is 1.63. The first kappa shape index (κ1) is 27.0. The van der Waals surface area contributed by atoms with E-state index in [0.717, 1.165) is 28.1 Å². The van der Waals surface area contributed by atoms with E-state index in [0.29, 0.717) is 22.4 Å². The summed E-state index contributed by atoms with van der Waals surface area (Å²) in [5.74, 6) is -2.15. The molecule has 0 bridgehead atoms. The zero-order valence-electron chi connectivity index (χ0n) is 22.0. The summed E-state index contributed by atoms with van der Waals surface area (Å²) in [4.78, 5) is 21.2. The van der Waals surface area contributed by atoms with Crippen molar-refractivity contribution in [2.75, 3.05) is 12.5 Å². The Balaban J connectivity index is 1.52. The Kier molecular flexibility index (Phi) is 7.84. The molecule has 40 heavy (non-hydrogen) atoms. The number of hydrogen-bond donors (Lipinski definition) is 4. The van der Waals surface area contributed by atoms with E-state index in [2.05, 4.69) is 26.1 Å². The third kappa shape index (κ3) is 5.84. The molecule has 5 rings (SSSR count). The molecule has 0 saturated carbocycles. The van der Waals surface area contributed by atoms with Crippen LogP contribution in [0.2, 0.25) is 0 Å². The zero-order valence-corrected chi connectivity index (χ0v) is 22.0. The van der Waals surface area contributed by atoms with Gasteiger partial charge in [0.05, 0.1) is 23.8 Å². The van der Waals surface area contributed by atoms with Gasteiger partial charge in [0.25, 0.3) is 0 Å². The van der Waals surface area contributed by atoms with Crippen LogP contribution >= 0.6 is 0 Å². The summed E-state index contributed by atoms with van der Waals surface area (Å²) < 4.78 is 42.5. The van der Waals surface area contributed by atoms with Gasteiger partial charge >= 0.3 is 0 Å². The van der Waals surface area contributed by atoms with Gasteiger partial charge in [0.1, 0.15) is 17.5 Å². The average molecular weight is 544 g/mol. The normalized spacial score (nSPS) is 11.9. The lowest BCUT2D eigenvalue weighted by molar-refractivity contribution is -0.121. The summed E-state index contributed by atoms with van der Waals surface area (Å²) in [5.41, 5.74) is 10.7. The number of hydrazine groups is 1. The quantitative estimate of drug-likeness (QED) is 0.168. The van der Waals surface area contributed by atoms with E-state index in [9.17, 15) is 18.0 Å². The first-order valence-corrected chi connectivity index (χ1v) is 12.8. The number of aromatic nitrogens is 2. The van der Waals surface area contributed by atoms with E-state index in [-0.39, 0.29) is 24.4 Å². The summed E-state index contributed by atoms with van der Waals surface area (Å²) in [6.07, 6.45) is 3.58. The number of H-pyrrole nitrogens is 1. The number of carbonyl (C=O) groups excluding carboxylic acids is 1. The number of benzene rings is 3. The van der Waals surface area contributed by atoms with Crippen molar-refractivity contribution >= 4 is 22.5 Å². The Morgan fingerprint density at radius 2 is 1.80 bits per heavy atom. The SMILES string of the molecule is CNNc1cc(-c2cccnc2[C@H](Cc2cc(F)cc(F)c2)NC(=O)Cc2c[nH]c3cccc(C)c23)ccc1F.